The monoisotopic (exact) mass is 260 g/mol. The molecule has 3 heteroatoms. The van der Waals surface area contributed by atoms with Crippen LogP contribution in [0, 0.1) is 6.92 Å². The second-order valence-electron chi connectivity index (χ2n) is 5.88. The number of nitrogens with zero attached hydrogens (tertiary/aromatic N) is 1. The number of hydrogen-bond donors (Lipinski definition) is 1. The molecule has 2 aliphatic rings. The first-order valence-electron chi connectivity index (χ1n) is 7.37. The fraction of sp³-hybridized carbons (Fsp3) is 0.625. The smallest absolute Gasteiger partial charge is 0.0762 e. The van der Waals surface area contributed by atoms with Gasteiger partial charge in [-0.1, -0.05) is 17.7 Å². The molecule has 3 rings (SSSR count). The summed E-state index contributed by atoms with van der Waals surface area (Å²) in [5.74, 6) is 0. The summed E-state index contributed by atoms with van der Waals surface area (Å²) in [7, 11) is 1.82. The van der Waals surface area contributed by atoms with E-state index in [1.54, 1.807) is 0 Å². The van der Waals surface area contributed by atoms with Gasteiger partial charge in [-0.3, -0.25) is 0 Å². The van der Waals surface area contributed by atoms with Crippen molar-refractivity contribution < 1.29 is 4.74 Å². The largest absolute Gasteiger partial charge is 0.380 e. The first kappa shape index (κ1) is 12.9. The normalized spacial score (nSPS) is 23.1. The number of methoxy groups -OCH3 is 1. The van der Waals surface area contributed by atoms with E-state index in [2.05, 4.69) is 35.3 Å². The maximum atomic E-state index is 5.48. The zero-order chi connectivity index (χ0) is 13.2. The number of anilines is 1. The van der Waals surface area contributed by atoms with Crippen molar-refractivity contribution in [3.63, 3.8) is 0 Å². The number of aryl methyl sites for hydroxylation is 1. The van der Waals surface area contributed by atoms with Gasteiger partial charge in [-0.2, -0.15) is 0 Å². The lowest BCUT2D eigenvalue weighted by Gasteiger charge is -2.22. The minimum atomic E-state index is 0.394. The summed E-state index contributed by atoms with van der Waals surface area (Å²) in [6, 6.07) is 7.58. The lowest BCUT2D eigenvalue weighted by atomic mass is 10.1. The number of hydrogen-bond acceptors (Lipinski definition) is 3. The van der Waals surface area contributed by atoms with Gasteiger partial charge in [0.15, 0.2) is 0 Å². The first-order chi connectivity index (χ1) is 9.26. The predicted octanol–water partition coefficient (Wildman–Crippen LogP) is 2.47. The predicted molar refractivity (Wildman–Crippen MR) is 78.7 cm³/mol. The van der Waals surface area contributed by atoms with Crippen LogP contribution in [-0.2, 0) is 11.3 Å². The van der Waals surface area contributed by atoms with Gasteiger partial charge in [-0.15, -0.1) is 0 Å². The Morgan fingerprint density at radius 1 is 1.32 bits per heavy atom. The Labute approximate surface area is 115 Å². The molecule has 1 saturated heterocycles. The Hall–Kier alpha value is -1.06. The minimum absolute atomic E-state index is 0.394. The maximum Gasteiger partial charge on any atom is 0.0762 e. The fourth-order valence-corrected chi connectivity index (χ4v) is 2.85. The molecule has 1 saturated carbocycles. The number of benzene rings is 1. The van der Waals surface area contributed by atoms with Crippen molar-refractivity contribution in [3.05, 3.63) is 29.3 Å². The Bertz CT molecular complexity index is 442. The molecule has 1 aromatic rings. The van der Waals surface area contributed by atoms with Crippen molar-refractivity contribution in [2.24, 2.45) is 0 Å². The summed E-state index contributed by atoms with van der Waals surface area (Å²) < 4.78 is 5.48. The van der Waals surface area contributed by atoms with Crippen molar-refractivity contribution >= 4 is 5.69 Å². The molecule has 104 valence electrons. The second-order valence-corrected chi connectivity index (χ2v) is 5.88. The zero-order valence-electron chi connectivity index (χ0n) is 12.0. The van der Waals surface area contributed by atoms with E-state index < -0.39 is 0 Å². The third kappa shape index (κ3) is 3.10. The third-order valence-corrected chi connectivity index (χ3v) is 4.21. The molecule has 0 spiro atoms. The van der Waals surface area contributed by atoms with E-state index in [9.17, 15) is 0 Å². The summed E-state index contributed by atoms with van der Waals surface area (Å²) in [5.41, 5.74) is 4.17. The highest BCUT2D eigenvalue weighted by atomic mass is 16.5. The van der Waals surface area contributed by atoms with Crippen molar-refractivity contribution in [1.82, 2.24) is 5.32 Å². The van der Waals surface area contributed by atoms with E-state index in [0.717, 1.165) is 32.1 Å². The van der Waals surface area contributed by atoms with E-state index in [4.69, 9.17) is 4.74 Å². The SMILES string of the molecule is COC1CCN(c2ccc(C)cc2CNC2CC2)C1. The average Bonchev–Trinajstić information content (AvgIpc) is 3.13. The molecular formula is C16H24N2O. The van der Waals surface area contributed by atoms with Crippen LogP contribution < -0.4 is 10.2 Å². The summed E-state index contributed by atoms with van der Waals surface area (Å²) in [6.07, 6.45) is 4.22. The van der Waals surface area contributed by atoms with E-state index in [1.807, 2.05) is 7.11 Å². The topological polar surface area (TPSA) is 24.5 Å². The molecule has 0 bridgehead atoms. The van der Waals surface area contributed by atoms with Gasteiger partial charge in [-0.25, -0.2) is 0 Å². The van der Waals surface area contributed by atoms with Crippen LogP contribution in [0.25, 0.3) is 0 Å². The molecule has 0 amide bonds. The van der Waals surface area contributed by atoms with Crippen LogP contribution in [0.1, 0.15) is 30.4 Å². The number of ether oxygens (including phenoxy) is 1. The van der Waals surface area contributed by atoms with Crippen molar-refractivity contribution in [2.45, 2.75) is 44.9 Å². The fourth-order valence-electron chi connectivity index (χ4n) is 2.85. The molecule has 1 heterocycles. The molecule has 1 atom stereocenters. The van der Waals surface area contributed by atoms with Gasteiger partial charge in [-0.05, 0) is 37.8 Å². The average molecular weight is 260 g/mol. The minimum Gasteiger partial charge on any atom is -0.380 e. The second kappa shape index (κ2) is 5.51. The van der Waals surface area contributed by atoms with Crippen LogP contribution in [0.5, 0.6) is 0 Å². The van der Waals surface area contributed by atoms with Crippen LogP contribution in [-0.4, -0.2) is 32.3 Å². The Morgan fingerprint density at radius 3 is 2.84 bits per heavy atom. The highest BCUT2D eigenvalue weighted by molar-refractivity contribution is 5.56. The van der Waals surface area contributed by atoms with E-state index >= 15 is 0 Å². The third-order valence-electron chi connectivity index (χ3n) is 4.21. The van der Waals surface area contributed by atoms with Gasteiger partial charge in [0.2, 0.25) is 0 Å². The molecule has 1 aromatic carbocycles. The van der Waals surface area contributed by atoms with Crippen LogP contribution in [0.2, 0.25) is 0 Å². The summed E-state index contributed by atoms with van der Waals surface area (Å²) in [4.78, 5) is 2.47. The van der Waals surface area contributed by atoms with Crippen molar-refractivity contribution in [2.75, 3.05) is 25.1 Å². The molecule has 0 aromatic heterocycles. The van der Waals surface area contributed by atoms with Crippen LogP contribution in [0.3, 0.4) is 0 Å². The first-order valence-corrected chi connectivity index (χ1v) is 7.37. The number of rotatable bonds is 5. The van der Waals surface area contributed by atoms with Gasteiger partial charge in [0.1, 0.15) is 0 Å². The Morgan fingerprint density at radius 2 is 2.16 bits per heavy atom. The lowest BCUT2D eigenvalue weighted by Crippen LogP contribution is -2.25. The van der Waals surface area contributed by atoms with Crippen LogP contribution in [0.15, 0.2) is 18.2 Å². The molecule has 1 aliphatic carbocycles. The summed E-state index contributed by atoms with van der Waals surface area (Å²) in [6.45, 7) is 5.30. The Balaban J connectivity index is 1.74. The highest BCUT2D eigenvalue weighted by Gasteiger charge is 2.25. The van der Waals surface area contributed by atoms with Gasteiger partial charge in [0, 0.05) is 38.5 Å². The van der Waals surface area contributed by atoms with E-state index in [0.29, 0.717) is 6.10 Å². The van der Waals surface area contributed by atoms with E-state index in [-0.39, 0.29) is 0 Å². The molecule has 19 heavy (non-hydrogen) atoms. The van der Waals surface area contributed by atoms with Crippen molar-refractivity contribution in [3.8, 4) is 0 Å². The van der Waals surface area contributed by atoms with Gasteiger partial charge >= 0.3 is 0 Å². The number of nitrogens with one attached hydrogen (secondary N) is 1. The van der Waals surface area contributed by atoms with Gasteiger partial charge in [0.05, 0.1) is 6.10 Å². The Kier molecular flexibility index (Phi) is 3.76. The summed E-state index contributed by atoms with van der Waals surface area (Å²) >= 11 is 0. The molecular weight excluding hydrogens is 236 g/mol. The molecule has 1 aliphatic heterocycles. The van der Waals surface area contributed by atoms with E-state index in [1.165, 1.54) is 29.7 Å². The molecule has 3 nitrogen and oxygen atoms in total. The standard InChI is InChI=1S/C16H24N2O/c1-12-3-6-16(18-8-7-15(11-18)19-2)13(9-12)10-17-14-4-5-14/h3,6,9,14-15,17H,4-5,7-8,10-11H2,1-2H3. The summed E-state index contributed by atoms with van der Waals surface area (Å²) in [5, 5.41) is 3.63. The molecule has 2 fully saturated rings. The van der Waals surface area contributed by atoms with Gasteiger partial charge < -0.3 is 15.0 Å². The van der Waals surface area contributed by atoms with Crippen molar-refractivity contribution in [1.29, 1.82) is 0 Å². The molecule has 1 unspecified atom stereocenters. The molecule has 0 radical (unpaired) electrons. The highest BCUT2D eigenvalue weighted by Crippen LogP contribution is 2.28. The van der Waals surface area contributed by atoms with Gasteiger partial charge in [0.25, 0.3) is 0 Å². The zero-order valence-corrected chi connectivity index (χ0v) is 12.0. The molecule has 1 N–H and O–H groups in total. The van der Waals surface area contributed by atoms with Crippen LogP contribution >= 0.6 is 0 Å². The van der Waals surface area contributed by atoms with Crippen LogP contribution in [0.4, 0.5) is 5.69 Å². The lowest BCUT2D eigenvalue weighted by molar-refractivity contribution is 0.121. The maximum absolute atomic E-state index is 5.48. The quantitative estimate of drug-likeness (QED) is 0.880.